The molecule has 0 spiro atoms. The standard InChI is InChI=1S/C17H22N4O/c1-18-10-16-19-17(13-8-9-22-11-13)20-21(16)15-7-3-5-12-4-2-6-14(12)15/h3,5,7,13,18H,2,4,6,8-11H2,1H3/t13-/m1/s1. The van der Waals surface area contributed by atoms with Gasteiger partial charge in [-0.05, 0) is 49.9 Å². The molecule has 0 amide bonds. The van der Waals surface area contributed by atoms with E-state index >= 15 is 0 Å². The first kappa shape index (κ1) is 13.9. The smallest absolute Gasteiger partial charge is 0.156 e. The maximum atomic E-state index is 5.50. The Morgan fingerprint density at radius 2 is 2.32 bits per heavy atom. The lowest BCUT2D eigenvalue weighted by atomic mass is 10.1. The highest BCUT2D eigenvalue weighted by Gasteiger charge is 2.25. The van der Waals surface area contributed by atoms with Crippen molar-refractivity contribution in [2.45, 2.75) is 38.1 Å². The van der Waals surface area contributed by atoms with E-state index in [0.29, 0.717) is 5.92 Å². The summed E-state index contributed by atoms with van der Waals surface area (Å²) >= 11 is 0. The average molecular weight is 298 g/mol. The summed E-state index contributed by atoms with van der Waals surface area (Å²) in [5, 5.41) is 8.06. The van der Waals surface area contributed by atoms with Gasteiger partial charge in [-0.25, -0.2) is 9.67 Å². The first-order chi connectivity index (χ1) is 10.9. The first-order valence-corrected chi connectivity index (χ1v) is 8.16. The van der Waals surface area contributed by atoms with Gasteiger partial charge in [0.1, 0.15) is 5.82 Å². The number of ether oxygens (including phenoxy) is 1. The molecule has 1 fully saturated rings. The van der Waals surface area contributed by atoms with Crippen molar-refractivity contribution in [3.63, 3.8) is 0 Å². The molecular formula is C17H22N4O. The molecule has 0 saturated carbocycles. The zero-order chi connectivity index (χ0) is 14.9. The fourth-order valence-electron chi connectivity index (χ4n) is 3.54. The van der Waals surface area contributed by atoms with Gasteiger partial charge < -0.3 is 10.1 Å². The van der Waals surface area contributed by atoms with Crippen LogP contribution in [0.2, 0.25) is 0 Å². The lowest BCUT2D eigenvalue weighted by molar-refractivity contribution is 0.193. The minimum Gasteiger partial charge on any atom is -0.381 e. The van der Waals surface area contributed by atoms with Crippen LogP contribution in [-0.2, 0) is 24.1 Å². The molecule has 2 aliphatic rings. The summed E-state index contributed by atoms with van der Waals surface area (Å²) in [5.74, 6) is 2.26. The quantitative estimate of drug-likeness (QED) is 0.938. The predicted octanol–water partition coefficient (Wildman–Crippen LogP) is 1.98. The second kappa shape index (κ2) is 5.82. The zero-order valence-corrected chi connectivity index (χ0v) is 13.0. The highest BCUT2D eigenvalue weighted by atomic mass is 16.5. The van der Waals surface area contributed by atoms with Crippen molar-refractivity contribution in [1.82, 2.24) is 20.1 Å². The van der Waals surface area contributed by atoms with Crippen molar-refractivity contribution < 1.29 is 4.74 Å². The van der Waals surface area contributed by atoms with Crippen LogP contribution in [0.5, 0.6) is 0 Å². The lowest BCUT2D eigenvalue weighted by Crippen LogP contribution is -2.13. The summed E-state index contributed by atoms with van der Waals surface area (Å²) in [7, 11) is 1.95. The number of benzene rings is 1. The number of hydrogen-bond acceptors (Lipinski definition) is 4. The second-order valence-corrected chi connectivity index (χ2v) is 6.16. The number of fused-ring (bicyclic) bond motifs is 1. The van der Waals surface area contributed by atoms with Gasteiger partial charge in [0.25, 0.3) is 0 Å². The molecule has 0 radical (unpaired) electrons. The third-order valence-electron chi connectivity index (χ3n) is 4.67. The number of nitrogens with one attached hydrogen (secondary N) is 1. The van der Waals surface area contributed by atoms with Crippen molar-refractivity contribution in [2.75, 3.05) is 20.3 Å². The van der Waals surface area contributed by atoms with E-state index < -0.39 is 0 Å². The molecule has 4 rings (SSSR count). The summed E-state index contributed by atoms with van der Waals surface area (Å²) in [4.78, 5) is 4.79. The molecule has 5 nitrogen and oxygen atoms in total. The van der Waals surface area contributed by atoms with E-state index in [1.807, 2.05) is 11.7 Å². The van der Waals surface area contributed by atoms with Crippen LogP contribution in [0.25, 0.3) is 5.69 Å². The Balaban J connectivity index is 1.78. The molecule has 1 aliphatic carbocycles. The summed E-state index contributed by atoms with van der Waals surface area (Å²) in [6, 6.07) is 6.56. The van der Waals surface area contributed by atoms with Gasteiger partial charge in [-0.1, -0.05) is 12.1 Å². The molecule has 1 aliphatic heterocycles. The normalized spacial score (nSPS) is 20.5. The summed E-state index contributed by atoms with van der Waals surface area (Å²) < 4.78 is 7.55. The second-order valence-electron chi connectivity index (χ2n) is 6.16. The molecule has 0 bridgehead atoms. The maximum absolute atomic E-state index is 5.50. The third kappa shape index (κ3) is 2.34. The highest BCUT2D eigenvalue weighted by molar-refractivity contribution is 5.48. The number of nitrogens with zero attached hydrogens (tertiary/aromatic N) is 3. The van der Waals surface area contributed by atoms with Crippen molar-refractivity contribution in [2.24, 2.45) is 0 Å². The SMILES string of the molecule is CNCc1nc([C@@H]2CCOC2)nn1-c1cccc2c1CCC2. The number of hydrogen-bond donors (Lipinski definition) is 1. The maximum Gasteiger partial charge on any atom is 0.156 e. The van der Waals surface area contributed by atoms with Crippen LogP contribution in [0.15, 0.2) is 18.2 Å². The Morgan fingerprint density at radius 1 is 1.36 bits per heavy atom. The van der Waals surface area contributed by atoms with Gasteiger partial charge in [0, 0.05) is 12.5 Å². The first-order valence-electron chi connectivity index (χ1n) is 8.16. The Morgan fingerprint density at radius 3 is 3.14 bits per heavy atom. The number of aryl methyl sites for hydroxylation is 1. The van der Waals surface area contributed by atoms with E-state index in [-0.39, 0.29) is 0 Å². The van der Waals surface area contributed by atoms with Crippen LogP contribution >= 0.6 is 0 Å². The van der Waals surface area contributed by atoms with E-state index in [1.54, 1.807) is 0 Å². The average Bonchev–Trinajstić information content (AvgIpc) is 3.27. The minimum absolute atomic E-state index is 0.341. The van der Waals surface area contributed by atoms with E-state index in [1.165, 1.54) is 29.7 Å². The lowest BCUT2D eigenvalue weighted by Gasteiger charge is -2.10. The monoisotopic (exact) mass is 298 g/mol. The van der Waals surface area contributed by atoms with Crippen LogP contribution in [0, 0.1) is 0 Å². The molecule has 1 atom stereocenters. The fourth-order valence-corrected chi connectivity index (χ4v) is 3.54. The van der Waals surface area contributed by atoms with Crippen LogP contribution < -0.4 is 5.32 Å². The van der Waals surface area contributed by atoms with Gasteiger partial charge in [0.05, 0.1) is 18.8 Å². The van der Waals surface area contributed by atoms with E-state index in [9.17, 15) is 0 Å². The van der Waals surface area contributed by atoms with Crippen molar-refractivity contribution in [1.29, 1.82) is 0 Å². The zero-order valence-electron chi connectivity index (χ0n) is 13.0. The van der Waals surface area contributed by atoms with Gasteiger partial charge in [-0.3, -0.25) is 0 Å². The Kier molecular flexibility index (Phi) is 3.68. The molecule has 22 heavy (non-hydrogen) atoms. The fraction of sp³-hybridized carbons (Fsp3) is 0.529. The molecule has 1 N–H and O–H groups in total. The van der Waals surface area contributed by atoms with Crippen LogP contribution in [0.3, 0.4) is 0 Å². The van der Waals surface area contributed by atoms with Crippen LogP contribution in [0.4, 0.5) is 0 Å². The Bertz CT molecular complexity index is 673. The summed E-state index contributed by atoms with van der Waals surface area (Å²) in [6.45, 7) is 2.29. The van der Waals surface area contributed by atoms with E-state index in [2.05, 4.69) is 23.5 Å². The predicted molar refractivity (Wildman–Crippen MR) is 84.3 cm³/mol. The van der Waals surface area contributed by atoms with Crippen molar-refractivity contribution >= 4 is 0 Å². The van der Waals surface area contributed by atoms with Gasteiger partial charge >= 0.3 is 0 Å². The molecule has 116 valence electrons. The van der Waals surface area contributed by atoms with Gasteiger partial charge in [-0.2, -0.15) is 5.10 Å². The largest absolute Gasteiger partial charge is 0.381 e. The molecule has 2 aromatic rings. The number of rotatable bonds is 4. The van der Waals surface area contributed by atoms with Crippen LogP contribution in [0.1, 0.15) is 41.5 Å². The summed E-state index contributed by atoms with van der Waals surface area (Å²) in [5.41, 5.74) is 4.12. The third-order valence-corrected chi connectivity index (χ3v) is 4.67. The molecular weight excluding hydrogens is 276 g/mol. The van der Waals surface area contributed by atoms with Gasteiger partial charge in [0.15, 0.2) is 5.82 Å². The number of aromatic nitrogens is 3. The molecule has 0 unspecified atom stereocenters. The van der Waals surface area contributed by atoms with Crippen molar-refractivity contribution in [3.05, 3.63) is 41.0 Å². The molecule has 2 heterocycles. The van der Waals surface area contributed by atoms with Gasteiger partial charge in [0.2, 0.25) is 0 Å². The van der Waals surface area contributed by atoms with Gasteiger partial charge in [-0.15, -0.1) is 0 Å². The minimum atomic E-state index is 0.341. The van der Waals surface area contributed by atoms with Crippen molar-refractivity contribution in [3.8, 4) is 5.69 Å². The highest BCUT2D eigenvalue weighted by Crippen LogP contribution is 2.29. The van der Waals surface area contributed by atoms with E-state index in [4.69, 9.17) is 14.8 Å². The molecule has 1 aromatic carbocycles. The molecule has 1 aromatic heterocycles. The molecule has 1 saturated heterocycles. The Labute approximate surface area is 130 Å². The van der Waals surface area contributed by atoms with E-state index in [0.717, 1.165) is 44.2 Å². The molecule has 5 heteroatoms. The van der Waals surface area contributed by atoms with Crippen LogP contribution in [-0.4, -0.2) is 35.0 Å². The summed E-state index contributed by atoms with van der Waals surface area (Å²) in [6.07, 6.45) is 4.59. The Hall–Kier alpha value is -1.72. The topological polar surface area (TPSA) is 52.0 Å².